The van der Waals surface area contributed by atoms with Gasteiger partial charge in [-0.05, 0) is 12.3 Å². The summed E-state index contributed by atoms with van der Waals surface area (Å²) in [7, 11) is 0. The molecule has 3 atom stereocenters. The van der Waals surface area contributed by atoms with Crippen LogP contribution >= 0.6 is 0 Å². The normalized spacial score (nSPS) is 26.5. The molecule has 2 aromatic heterocycles. The first-order valence-electron chi connectivity index (χ1n) is 6.09. The summed E-state index contributed by atoms with van der Waals surface area (Å²) in [5.41, 5.74) is 5.81. The second-order valence-electron chi connectivity index (χ2n) is 4.87. The predicted octanol–water partition coefficient (Wildman–Crippen LogP) is -1.14. The molecule has 3 rings (SSSR count). The average molecular weight is 265 g/mol. The zero-order valence-corrected chi connectivity index (χ0v) is 10.2. The topological polar surface area (TPSA) is 130 Å². The number of nitrogens with zero attached hydrogens (tertiary/aromatic N) is 3. The molecular weight excluding hydrogens is 250 g/mol. The number of aliphatic hydroxyl groups excluding tert-OH is 2. The Labute approximate surface area is 107 Å². The Kier molecular flexibility index (Phi) is 2.76. The standard InChI is InChI=1S/C11H15N5O3/c12-11-14-9-8(10(19)15-11)13-4-16(9)7-1-5(2-17)6(7)3-18/h4-7,17-18H,1-3H2,(H3,12,14,15,19)/t5?,6?,7-/m0/s1. The highest BCUT2D eigenvalue weighted by atomic mass is 16.3. The fourth-order valence-corrected chi connectivity index (χ4v) is 2.76. The predicted molar refractivity (Wildman–Crippen MR) is 67.4 cm³/mol. The number of hydrogen-bond donors (Lipinski definition) is 4. The van der Waals surface area contributed by atoms with E-state index in [4.69, 9.17) is 5.73 Å². The maximum atomic E-state index is 11.7. The van der Waals surface area contributed by atoms with Gasteiger partial charge in [-0.1, -0.05) is 0 Å². The first-order valence-corrected chi connectivity index (χ1v) is 6.09. The smallest absolute Gasteiger partial charge is 0.280 e. The first kappa shape index (κ1) is 12.1. The zero-order chi connectivity index (χ0) is 13.6. The van der Waals surface area contributed by atoms with Gasteiger partial charge in [0.15, 0.2) is 11.2 Å². The van der Waals surface area contributed by atoms with Crippen molar-refractivity contribution in [3.8, 4) is 0 Å². The number of rotatable bonds is 3. The van der Waals surface area contributed by atoms with E-state index in [9.17, 15) is 15.0 Å². The Morgan fingerprint density at radius 2 is 2.26 bits per heavy atom. The lowest BCUT2D eigenvalue weighted by atomic mass is 9.70. The SMILES string of the molecule is Nc1nc2c(ncn2[C@H]2CC(CO)C2CO)c(=O)[nH]1. The number of nitrogen functional groups attached to an aromatic ring is 1. The van der Waals surface area contributed by atoms with Crippen molar-refractivity contribution < 1.29 is 10.2 Å². The highest BCUT2D eigenvalue weighted by Gasteiger charge is 2.41. The summed E-state index contributed by atoms with van der Waals surface area (Å²) in [6.45, 7) is 0.0265. The highest BCUT2D eigenvalue weighted by molar-refractivity contribution is 5.70. The second-order valence-corrected chi connectivity index (χ2v) is 4.87. The minimum atomic E-state index is -0.375. The van der Waals surface area contributed by atoms with E-state index in [1.54, 1.807) is 4.57 Å². The average Bonchev–Trinajstić information content (AvgIpc) is 2.73. The molecule has 0 saturated heterocycles. The summed E-state index contributed by atoms with van der Waals surface area (Å²) in [6, 6.07) is -0.0131. The molecule has 1 fully saturated rings. The third kappa shape index (κ3) is 1.71. The highest BCUT2D eigenvalue weighted by Crippen LogP contribution is 2.44. The van der Waals surface area contributed by atoms with Gasteiger partial charge in [0.1, 0.15) is 0 Å². The minimum absolute atomic E-state index is 0.0131. The van der Waals surface area contributed by atoms with Crippen LogP contribution in [-0.4, -0.2) is 42.9 Å². The third-order valence-corrected chi connectivity index (χ3v) is 3.90. The quantitative estimate of drug-likeness (QED) is 0.555. The first-order chi connectivity index (χ1) is 9.15. The van der Waals surface area contributed by atoms with Gasteiger partial charge in [-0.25, -0.2) is 4.98 Å². The van der Waals surface area contributed by atoms with Crippen molar-refractivity contribution in [2.24, 2.45) is 11.8 Å². The fourth-order valence-electron chi connectivity index (χ4n) is 2.76. The Hall–Kier alpha value is -1.93. The van der Waals surface area contributed by atoms with Gasteiger partial charge < -0.3 is 20.5 Å². The van der Waals surface area contributed by atoms with Crippen LogP contribution in [0.4, 0.5) is 5.95 Å². The molecule has 2 aromatic rings. The van der Waals surface area contributed by atoms with Gasteiger partial charge in [-0.2, -0.15) is 4.98 Å². The van der Waals surface area contributed by atoms with Gasteiger partial charge >= 0.3 is 0 Å². The van der Waals surface area contributed by atoms with E-state index in [0.29, 0.717) is 5.65 Å². The molecule has 8 nitrogen and oxygen atoms in total. The van der Waals surface area contributed by atoms with E-state index >= 15 is 0 Å². The van der Waals surface area contributed by atoms with Crippen LogP contribution in [0.1, 0.15) is 12.5 Å². The van der Waals surface area contributed by atoms with Gasteiger partial charge in [0.05, 0.1) is 6.33 Å². The van der Waals surface area contributed by atoms with Gasteiger partial charge in [0, 0.05) is 25.2 Å². The van der Waals surface area contributed by atoms with Crippen LogP contribution in [-0.2, 0) is 0 Å². The number of aromatic nitrogens is 4. The molecule has 0 amide bonds. The molecule has 1 aliphatic rings. The van der Waals surface area contributed by atoms with Crippen molar-refractivity contribution in [3.05, 3.63) is 16.7 Å². The van der Waals surface area contributed by atoms with Crippen LogP contribution in [0.2, 0.25) is 0 Å². The van der Waals surface area contributed by atoms with E-state index in [1.807, 2.05) is 0 Å². The zero-order valence-electron chi connectivity index (χ0n) is 10.2. The molecule has 8 heteroatoms. The summed E-state index contributed by atoms with van der Waals surface area (Å²) in [5.74, 6) is 0.0642. The van der Waals surface area contributed by atoms with Crippen LogP contribution in [0, 0.1) is 11.8 Å². The van der Waals surface area contributed by atoms with E-state index in [0.717, 1.165) is 6.42 Å². The van der Waals surface area contributed by atoms with Gasteiger partial charge in [-0.15, -0.1) is 0 Å². The molecule has 5 N–H and O–H groups in total. The van der Waals surface area contributed by atoms with Crippen molar-refractivity contribution in [2.75, 3.05) is 18.9 Å². The Balaban J connectivity index is 2.05. The van der Waals surface area contributed by atoms with Crippen LogP contribution in [0.15, 0.2) is 11.1 Å². The fraction of sp³-hybridized carbons (Fsp3) is 0.545. The summed E-state index contributed by atoms with van der Waals surface area (Å²) < 4.78 is 1.76. The molecule has 0 radical (unpaired) electrons. The molecule has 1 saturated carbocycles. The Morgan fingerprint density at radius 3 is 2.95 bits per heavy atom. The summed E-state index contributed by atoms with van der Waals surface area (Å²) >= 11 is 0. The number of anilines is 1. The van der Waals surface area contributed by atoms with Gasteiger partial charge in [0.25, 0.3) is 5.56 Å². The maximum absolute atomic E-state index is 11.7. The molecule has 19 heavy (non-hydrogen) atoms. The van der Waals surface area contributed by atoms with E-state index in [-0.39, 0.29) is 48.1 Å². The van der Waals surface area contributed by atoms with Gasteiger partial charge in [0.2, 0.25) is 5.95 Å². The van der Waals surface area contributed by atoms with E-state index < -0.39 is 0 Å². The lowest BCUT2D eigenvalue weighted by molar-refractivity contribution is -0.00528. The molecule has 0 aliphatic heterocycles. The largest absolute Gasteiger partial charge is 0.396 e. The summed E-state index contributed by atoms with van der Waals surface area (Å²) in [4.78, 5) is 22.2. The van der Waals surface area contributed by atoms with E-state index in [1.165, 1.54) is 6.33 Å². The number of aliphatic hydroxyl groups is 2. The van der Waals surface area contributed by atoms with Crippen LogP contribution in [0.5, 0.6) is 0 Å². The number of fused-ring (bicyclic) bond motifs is 1. The molecular formula is C11H15N5O3. The van der Waals surface area contributed by atoms with Crippen LogP contribution in [0.25, 0.3) is 11.2 Å². The molecule has 0 spiro atoms. The number of hydrogen-bond acceptors (Lipinski definition) is 6. The van der Waals surface area contributed by atoms with E-state index in [2.05, 4.69) is 15.0 Å². The minimum Gasteiger partial charge on any atom is -0.396 e. The monoisotopic (exact) mass is 265 g/mol. The summed E-state index contributed by atoms with van der Waals surface area (Å²) in [5, 5.41) is 18.6. The number of imidazole rings is 1. The second kappa shape index (κ2) is 4.32. The van der Waals surface area contributed by atoms with Crippen LogP contribution < -0.4 is 11.3 Å². The third-order valence-electron chi connectivity index (χ3n) is 3.90. The van der Waals surface area contributed by atoms with Crippen molar-refractivity contribution >= 4 is 17.1 Å². The van der Waals surface area contributed by atoms with Gasteiger partial charge in [-0.3, -0.25) is 9.78 Å². The Bertz CT molecular complexity index is 664. The molecule has 0 aromatic carbocycles. The van der Waals surface area contributed by atoms with Crippen molar-refractivity contribution in [1.82, 2.24) is 19.5 Å². The lowest BCUT2D eigenvalue weighted by Crippen LogP contribution is -2.42. The number of nitrogens with two attached hydrogens (primary N) is 1. The molecule has 2 unspecified atom stereocenters. The number of nitrogens with one attached hydrogen (secondary N) is 1. The van der Waals surface area contributed by atoms with Crippen molar-refractivity contribution in [2.45, 2.75) is 12.5 Å². The maximum Gasteiger partial charge on any atom is 0.280 e. The van der Waals surface area contributed by atoms with Crippen molar-refractivity contribution in [3.63, 3.8) is 0 Å². The summed E-state index contributed by atoms with van der Waals surface area (Å²) in [6.07, 6.45) is 2.26. The molecule has 1 aliphatic carbocycles. The molecule has 0 bridgehead atoms. The molecule has 102 valence electrons. The lowest BCUT2D eigenvalue weighted by Gasteiger charge is -2.43. The van der Waals surface area contributed by atoms with Crippen molar-refractivity contribution in [1.29, 1.82) is 0 Å². The molecule has 2 heterocycles. The Morgan fingerprint density at radius 1 is 1.47 bits per heavy atom. The van der Waals surface area contributed by atoms with Crippen LogP contribution in [0.3, 0.4) is 0 Å². The number of aromatic amines is 1. The number of H-pyrrole nitrogens is 1.